The van der Waals surface area contributed by atoms with E-state index in [1.54, 1.807) is 18.2 Å². The summed E-state index contributed by atoms with van der Waals surface area (Å²) in [5, 5.41) is 6.33. The lowest BCUT2D eigenvalue weighted by Crippen LogP contribution is -2.31. The first-order valence-corrected chi connectivity index (χ1v) is 9.95. The van der Waals surface area contributed by atoms with Gasteiger partial charge < -0.3 is 14.8 Å². The van der Waals surface area contributed by atoms with Crippen molar-refractivity contribution in [2.75, 3.05) is 18.7 Å². The van der Waals surface area contributed by atoms with E-state index >= 15 is 0 Å². The summed E-state index contributed by atoms with van der Waals surface area (Å²) in [7, 11) is 0. The second kappa shape index (κ2) is 7.56. The van der Waals surface area contributed by atoms with Gasteiger partial charge in [0.05, 0.1) is 11.6 Å². The number of hydrogen-bond donors (Lipinski definition) is 2. The molecule has 0 saturated heterocycles. The number of amides is 2. The number of thiazole rings is 1. The molecule has 8 heteroatoms. The molecule has 7 nitrogen and oxygen atoms in total. The van der Waals surface area contributed by atoms with Gasteiger partial charge in [-0.05, 0) is 43.9 Å². The normalized spacial score (nSPS) is 17.3. The first-order valence-electron chi connectivity index (χ1n) is 9.14. The minimum Gasteiger partial charge on any atom is -0.454 e. The van der Waals surface area contributed by atoms with E-state index in [1.165, 1.54) is 11.3 Å². The van der Waals surface area contributed by atoms with Crippen molar-refractivity contribution in [3.63, 3.8) is 0 Å². The molecule has 4 rings (SSSR count). The molecule has 0 spiro atoms. The Balaban J connectivity index is 1.50. The van der Waals surface area contributed by atoms with Gasteiger partial charge in [0.1, 0.15) is 0 Å². The molecule has 2 aromatic rings. The van der Waals surface area contributed by atoms with Crippen molar-refractivity contribution in [3.05, 3.63) is 34.3 Å². The zero-order valence-corrected chi connectivity index (χ0v) is 15.9. The summed E-state index contributed by atoms with van der Waals surface area (Å²) in [6, 6.07) is 5.07. The molecule has 0 saturated carbocycles. The summed E-state index contributed by atoms with van der Waals surface area (Å²) >= 11 is 1.45. The average molecular weight is 387 g/mol. The summed E-state index contributed by atoms with van der Waals surface area (Å²) < 4.78 is 10.6. The molecule has 142 valence electrons. The second-order valence-electron chi connectivity index (χ2n) is 6.59. The molecular formula is C19H21N3O4S. The zero-order chi connectivity index (χ0) is 18.8. The minimum atomic E-state index is -0.258. The molecule has 0 radical (unpaired) electrons. The van der Waals surface area contributed by atoms with Crippen molar-refractivity contribution in [1.82, 2.24) is 10.3 Å². The highest BCUT2D eigenvalue weighted by Crippen LogP contribution is 2.37. The first kappa shape index (κ1) is 17.8. The molecule has 1 atom stereocenters. The molecule has 0 fully saturated rings. The van der Waals surface area contributed by atoms with Crippen LogP contribution in [0.1, 0.15) is 53.0 Å². The van der Waals surface area contributed by atoms with Crippen LogP contribution < -0.4 is 20.1 Å². The summed E-state index contributed by atoms with van der Waals surface area (Å²) in [6.07, 6.45) is 3.54. The number of ether oxygens (including phenoxy) is 2. The topological polar surface area (TPSA) is 89.6 Å². The molecule has 2 heterocycles. The van der Waals surface area contributed by atoms with Gasteiger partial charge in [0, 0.05) is 17.0 Å². The molecule has 2 amide bonds. The number of benzene rings is 1. The van der Waals surface area contributed by atoms with Gasteiger partial charge >= 0.3 is 0 Å². The van der Waals surface area contributed by atoms with E-state index in [4.69, 9.17) is 9.47 Å². The van der Waals surface area contributed by atoms with Crippen LogP contribution in [0.2, 0.25) is 0 Å². The van der Waals surface area contributed by atoms with E-state index in [2.05, 4.69) is 15.6 Å². The van der Waals surface area contributed by atoms with Crippen molar-refractivity contribution in [2.24, 2.45) is 0 Å². The lowest BCUT2D eigenvalue weighted by Gasteiger charge is -2.20. The highest BCUT2D eigenvalue weighted by molar-refractivity contribution is 7.15. The molecule has 1 aromatic carbocycles. The van der Waals surface area contributed by atoms with Crippen molar-refractivity contribution in [3.8, 4) is 11.5 Å². The van der Waals surface area contributed by atoms with Crippen LogP contribution in [-0.4, -0.2) is 30.1 Å². The third-order valence-corrected chi connectivity index (χ3v) is 5.72. The van der Waals surface area contributed by atoms with Gasteiger partial charge in [0.25, 0.3) is 5.91 Å². The Morgan fingerprint density at radius 3 is 3.00 bits per heavy atom. The predicted octanol–water partition coefficient (Wildman–Crippen LogP) is 3.07. The van der Waals surface area contributed by atoms with Gasteiger partial charge in [-0.2, -0.15) is 0 Å². The van der Waals surface area contributed by atoms with Crippen molar-refractivity contribution < 1.29 is 19.1 Å². The van der Waals surface area contributed by atoms with Crippen LogP contribution in [0.3, 0.4) is 0 Å². The molecule has 1 aliphatic carbocycles. The lowest BCUT2D eigenvalue weighted by molar-refractivity contribution is -0.122. The van der Waals surface area contributed by atoms with Crippen LogP contribution in [0.5, 0.6) is 11.5 Å². The van der Waals surface area contributed by atoms with Gasteiger partial charge in [-0.25, -0.2) is 4.98 Å². The molecule has 2 aliphatic rings. The van der Waals surface area contributed by atoms with Gasteiger partial charge in [-0.3, -0.25) is 14.9 Å². The number of anilines is 1. The minimum absolute atomic E-state index is 0.0248. The quantitative estimate of drug-likeness (QED) is 0.823. The number of fused-ring (bicyclic) bond motifs is 2. The monoisotopic (exact) mass is 387 g/mol. The van der Waals surface area contributed by atoms with Gasteiger partial charge in [-0.15, -0.1) is 11.3 Å². The van der Waals surface area contributed by atoms with Crippen molar-refractivity contribution in [2.45, 2.75) is 38.5 Å². The average Bonchev–Trinajstić information content (AvgIpc) is 3.30. The maximum absolute atomic E-state index is 12.6. The first-order chi connectivity index (χ1) is 13.2. The van der Waals surface area contributed by atoms with E-state index < -0.39 is 0 Å². The fourth-order valence-corrected chi connectivity index (χ4v) is 4.37. The highest BCUT2D eigenvalue weighted by atomic mass is 32.1. The molecule has 1 unspecified atom stereocenters. The fourth-order valence-electron chi connectivity index (χ4n) is 3.31. The second-order valence-corrected chi connectivity index (χ2v) is 7.67. The summed E-state index contributed by atoms with van der Waals surface area (Å²) in [6.45, 7) is 2.86. The van der Waals surface area contributed by atoms with Crippen LogP contribution in [0, 0.1) is 0 Å². The van der Waals surface area contributed by atoms with Crippen LogP contribution in [-0.2, 0) is 11.2 Å². The van der Waals surface area contributed by atoms with Crippen molar-refractivity contribution >= 4 is 28.3 Å². The smallest absolute Gasteiger partial charge is 0.257 e. The molecular weight excluding hydrogens is 366 g/mol. The largest absolute Gasteiger partial charge is 0.454 e. The molecule has 1 aliphatic heterocycles. The number of carbonyl (C=O) groups is 2. The summed E-state index contributed by atoms with van der Waals surface area (Å²) in [4.78, 5) is 30.6. The van der Waals surface area contributed by atoms with E-state index in [1.807, 2.05) is 6.92 Å². The van der Waals surface area contributed by atoms with Gasteiger partial charge in [-0.1, -0.05) is 6.92 Å². The third kappa shape index (κ3) is 3.62. The third-order valence-electron chi connectivity index (χ3n) is 4.68. The Labute approximate surface area is 161 Å². The Bertz CT molecular complexity index is 880. The highest BCUT2D eigenvalue weighted by Gasteiger charge is 2.30. The number of carbonyl (C=O) groups excluding carboxylic acids is 2. The number of hydrogen-bond acceptors (Lipinski definition) is 6. The number of nitrogens with one attached hydrogen (secondary N) is 2. The number of nitrogens with zero attached hydrogens (tertiary/aromatic N) is 1. The Hall–Kier alpha value is -2.61. The predicted molar refractivity (Wildman–Crippen MR) is 102 cm³/mol. The summed E-state index contributed by atoms with van der Waals surface area (Å²) in [5.41, 5.74) is 1.28. The van der Waals surface area contributed by atoms with E-state index in [0.717, 1.165) is 36.3 Å². The van der Waals surface area contributed by atoms with Crippen LogP contribution >= 0.6 is 11.3 Å². The SMILES string of the molecule is CCCNC(=O)C1CCCc2sc(NC(=O)c3ccc4c(c3)OCO4)nc21. The van der Waals surface area contributed by atoms with Gasteiger partial charge in [0.15, 0.2) is 16.6 Å². The lowest BCUT2D eigenvalue weighted by atomic mass is 9.90. The maximum Gasteiger partial charge on any atom is 0.257 e. The van der Waals surface area contributed by atoms with Crippen LogP contribution in [0.15, 0.2) is 18.2 Å². The van der Waals surface area contributed by atoms with Crippen molar-refractivity contribution in [1.29, 1.82) is 0 Å². The molecule has 0 bridgehead atoms. The number of rotatable bonds is 5. The molecule has 2 N–H and O–H groups in total. The van der Waals surface area contributed by atoms with E-state index in [0.29, 0.717) is 28.7 Å². The summed E-state index contributed by atoms with van der Waals surface area (Å²) in [5.74, 6) is 0.738. The zero-order valence-electron chi connectivity index (χ0n) is 15.0. The molecule has 27 heavy (non-hydrogen) atoms. The number of aromatic nitrogens is 1. The van der Waals surface area contributed by atoms with E-state index in [9.17, 15) is 9.59 Å². The molecule has 1 aromatic heterocycles. The standard InChI is InChI=1S/C19H21N3O4S/c1-2-8-20-18(24)12-4-3-5-15-16(12)21-19(27-15)22-17(23)11-6-7-13-14(9-11)26-10-25-13/h6-7,9,12H,2-5,8,10H2,1H3,(H,20,24)(H,21,22,23). The van der Waals surface area contributed by atoms with E-state index in [-0.39, 0.29) is 24.5 Å². The van der Waals surface area contributed by atoms with Crippen LogP contribution in [0.25, 0.3) is 0 Å². The Morgan fingerprint density at radius 2 is 2.15 bits per heavy atom. The Morgan fingerprint density at radius 1 is 1.30 bits per heavy atom. The van der Waals surface area contributed by atoms with Crippen LogP contribution in [0.4, 0.5) is 5.13 Å². The fraction of sp³-hybridized carbons (Fsp3) is 0.421. The van der Waals surface area contributed by atoms with Gasteiger partial charge in [0.2, 0.25) is 12.7 Å². The maximum atomic E-state index is 12.6. The number of aryl methyl sites for hydroxylation is 1. The Kier molecular flexibility index (Phi) is 4.98.